The van der Waals surface area contributed by atoms with E-state index in [1.54, 1.807) is 0 Å². The van der Waals surface area contributed by atoms with Crippen LogP contribution in [0.1, 0.15) is 1.43 Å². The standard InChI is InChI=1S/C3H4S2.H2O4S/c1-2-5-3-4-1;1-5(2,3)4/h1-2H,3H2;(H2,1,2,3,4). The molecule has 0 aromatic heterocycles. The van der Waals surface area contributed by atoms with Crippen molar-refractivity contribution in [1.82, 2.24) is 0 Å². The second kappa shape index (κ2) is 5.03. The van der Waals surface area contributed by atoms with Crippen LogP contribution in [-0.2, 0) is 10.4 Å². The number of hydrogen-bond donors (Lipinski definition) is 1. The first-order valence-corrected chi connectivity index (χ1v) is 5.53. The van der Waals surface area contributed by atoms with Crippen molar-refractivity contribution >= 4 is 33.9 Å². The zero-order chi connectivity index (χ0) is 8.04. The summed E-state index contributed by atoms with van der Waals surface area (Å²) in [7, 11) is -4.92. The van der Waals surface area contributed by atoms with Gasteiger partial charge in [-0.25, -0.2) is 8.42 Å². The molecule has 0 aliphatic carbocycles. The fourth-order valence-electron chi connectivity index (χ4n) is 0.196. The average Bonchev–Trinajstić information content (AvgIpc) is 2.07. The van der Waals surface area contributed by atoms with Crippen molar-refractivity contribution in [1.29, 1.82) is 0 Å². The number of hydrogen-bond acceptors (Lipinski definition) is 5. The molecule has 10 heavy (non-hydrogen) atoms. The van der Waals surface area contributed by atoms with Gasteiger partial charge in [0.05, 0.1) is 0 Å². The van der Waals surface area contributed by atoms with E-state index in [0.717, 1.165) is 0 Å². The normalized spacial score (nSPS) is 16.2. The molecular weight excluding hydrogens is 196 g/mol. The Balaban J connectivity index is 0. The van der Waals surface area contributed by atoms with Gasteiger partial charge in [-0.1, -0.05) is 0 Å². The van der Waals surface area contributed by atoms with Crippen molar-refractivity contribution in [2.75, 3.05) is 5.08 Å². The van der Waals surface area contributed by atoms with Crippen molar-refractivity contribution in [3.05, 3.63) is 10.8 Å². The van der Waals surface area contributed by atoms with Crippen LogP contribution in [0.3, 0.4) is 0 Å². The first kappa shape index (κ1) is 10.3. The Morgan fingerprint density at radius 1 is 1.50 bits per heavy atom. The van der Waals surface area contributed by atoms with E-state index in [4.69, 9.17) is 17.5 Å². The van der Waals surface area contributed by atoms with Gasteiger partial charge in [0.15, 0.2) is 0 Å². The maximum atomic E-state index is 8.63. The Morgan fingerprint density at radius 3 is 1.90 bits per heavy atom. The molecular formula is C3H6O4S3. The molecule has 0 unspecified atom stereocenters. The molecule has 0 bridgehead atoms. The maximum absolute atomic E-state index is 8.63. The van der Waals surface area contributed by atoms with Crippen molar-refractivity contribution in [2.24, 2.45) is 0 Å². The first-order chi connectivity index (χ1) is 4.50. The molecule has 60 valence electrons. The highest BCUT2D eigenvalue weighted by molar-refractivity contribution is 8.21. The monoisotopic (exact) mass is 202 g/mol. The van der Waals surface area contributed by atoms with Gasteiger partial charge >= 0.3 is 1.43 Å². The summed E-state index contributed by atoms with van der Waals surface area (Å²) in [6.07, 6.45) is 0. The van der Waals surface area contributed by atoms with Crippen LogP contribution in [0.15, 0.2) is 10.8 Å². The summed E-state index contributed by atoms with van der Waals surface area (Å²) in [6.45, 7) is 0. The zero-order valence-electron chi connectivity index (χ0n) is 5.76. The van der Waals surface area contributed by atoms with Crippen LogP contribution < -0.4 is 0 Å². The third-order valence-electron chi connectivity index (χ3n) is 0.384. The van der Waals surface area contributed by atoms with Crippen molar-refractivity contribution in [3.63, 3.8) is 0 Å². The summed E-state index contributed by atoms with van der Waals surface area (Å²) >= 11 is 3.71. The second-order valence-electron chi connectivity index (χ2n) is 1.15. The Bertz CT molecular complexity index is 185. The molecule has 0 atom stereocenters. The van der Waals surface area contributed by atoms with E-state index >= 15 is 0 Å². The van der Waals surface area contributed by atoms with Gasteiger partial charge in [0.2, 0.25) is 10.4 Å². The zero-order valence-corrected chi connectivity index (χ0v) is 7.21. The Morgan fingerprint density at radius 2 is 1.80 bits per heavy atom. The Hall–Kier alpha value is 0.310. The molecule has 0 radical (unpaired) electrons. The molecule has 7 heteroatoms. The molecule has 0 saturated heterocycles. The average molecular weight is 202 g/mol. The Kier molecular flexibility index (Phi) is 5.18. The van der Waals surface area contributed by atoms with E-state index in [1.807, 2.05) is 23.5 Å². The number of thioether (sulfide) groups is 2. The third-order valence-corrected chi connectivity index (χ3v) is 2.30. The quantitative estimate of drug-likeness (QED) is 0.466. The minimum atomic E-state index is -4.92. The highest BCUT2D eigenvalue weighted by Crippen LogP contribution is 2.22. The SMILES string of the molecule is C1=CSCS1.O=S(=O)([O-])O.[H+]. The summed E-state index contributed by atoms with van der Waals surface area (Å²) < 4.78 is 32.8. The lowest BCUT2D eigenvalue weighted by Gasteiger charge is -1.88. The van der Waals surface area contributed by atoms with Gasteiger partial charge in [-0.15, -0.1) is 23.5 Å². The van der Waals surface area contributed by atoms with E-state index in [0.29, 0.717) is 0 Å². The van der Waals surface area contributed by atoms with Gasteiger partial charge in [0.25, 0.3) is 0 Å². The van der Waals surface area contributed by atoms with E-state index in [9.17, 15) is 0 Å². The second-order valence-corrected chi connectivity index (χ2v) is 4.16. The van der Waals surface area contributed by atoms with E-state index in [1.165, 1.54) is 5.08 Å². The van der Waals surface area contributed by atoms with Crippen LogP contribution in [0, 0.1) is 0 Å². The fourth-order valence-corrected chi connectivity index (χ4v) is 1.77. The predicted octanol–water partition coefficient (Wildman–Crippen LogP) is 1.01. The van der Waals surface area contributed by atoms with Crippen LogP contribution in [-0.4, -0.2) is 22.6 Å². The molecule has 0 aromatic carbocycles. The number of rotatable bonds is 0. The highest BCUT2D eigenvalue weighted by Gasteiger charge is 1.85. The summed E-state index contributed by atoms with van der Waals surface area (Å²) in [5, 5.41) is 5.45. The fraction of sp³-hybridized carbons (Fsp3) is 0.333. The lowest BCUT2D eigenvalue weighted by atomic mass is 11.3. The van der Waals surface area contributed by atoms with Gasteiger partial charge < -0.3 is 4.55 Å². The molecule has 0 spiro atoms. The molecule has 0 amide bonds. The molecule has 0 saturated carbocycles. The van der Waals surface area contributed by atoms with Crippen LogP contribution in [0.2, 0.25) is 0 Å². The Labute approximate surface area is 69.1 Å². The smallest absolute Gasteiger partial charge is 0.726 e. The van der Waals surface area contributed by atoms with Gasteiger partial charge in [-0.05, 0) is 10.8 Å². The minimum absolute atomic E-state index is 0. The molecule has 1 heterocycles. The lowest BCUT2D eigenvalue weighted by molar-refractivity contribution is 0.366. The van der Waals surface area contributed by atoms with E-state index < -0.39 is 10.4 Å². The first-order valence-electron chi connectivity index (χ1n) is 2.06. The highest BCUT2D eigenvalue weighted by atomic mass is 32.3. The molecule has 0 fully saturated rings. The van der Waals surface area contributed by atoms with Gasteiger partial charge in [-0.2, -0.15) is 0 Å². The summed E-state index contributed by atoms with van der Waals surface area (Å²) in [6, 6.07) is 0. The maximum Gasteiger partial charge on any atom is 1.00 e. The van der Waals surface area contributed by atoms with Crippen molar-refractivity contribution in [2.45, 2.75) is 0 Å². The van der Waals surface area contributed by atoms with Gasteiger partial charge in [-0.3, -0.25) is 4.55 Å². The van der Waals surface area contributed by atoms with Gasteiger partial charge in [0, 0.05) is 5.08 Å². The van der Waals surface area contributed by atoms with E-state index in [2.05, 4.69) is 10.8 Å². The predicted molar refractivity (Wildman–Crippen MR) is 42.6 cm³/mol. The summed E-state index contributed by atoms with van der Waals surface area (Å²) in [4.78, 5) is 0. The van der Waals surface area contributed by atoms with Crippen LogP contribution >= 0.6 is 23.5 Å². The molecule has 1 aliphatic heterocycles. The molecule has 1 aliphatic rings. The summed E-state index contributed by atoms with van der Waals surface area (Å²) in [5.41, 5.74) is 0. The lowest BCUT2D eigenvalue weighted by Crippen LogP contribution is -1.90. The molecule has 1 N–H and O–H groups in total. The van der Waals surface area contributed by atoms with Crippen molar-refractivity contribution < 1.29 is 18.9 Å². The summed E-state index contributed by atoms with van der Waals surface area (Å²) in [5.74, 6) is 0. The largest absolute Gasteiger partial charge is 1.00 e. The molecule has 4 nitrogen and oxygen atoms in total. The van der Waals surface area contributed by atoms with Crippen LogP contribution in [0.25, 0.3) is 0 Å². The van der Waals surface area contributed by atoms with Crippen LogP contribution in [0.5, 0.6) is 0 Å². The van der Waals surface area contributed by atoms with Gasteiger partial charge in [0.1, 0.15) is 0 Å². The molecule has 0 aromatic rings. The van der Waals surface area contributed by atoms with E-state index in [-0.39, 0.29) is 1.43 Å². The van der Waals surface area contributed by atoms with Crippen molar-refractivity contribution in [3.8, 4) is 0 Å². The minimum Gasteiger partial charge on any atom is -0.726 e. The molecule has 1 rings (SSSR count). The third kappa shape index (κ3) is 15.7. The van der Waals surface area contributed by atoms with Crippen LogP contribution in [0.4, 0.5) is 0 Å². The topological polar surface area (TPSA) is 77.4 Å².